The normalized spacial score (nSPS) is 21.0. The van der Waals surface area contributed by atoms with Crippen LogP contribution in [-0.2, 0) is 0 Å². The Hall–Kier alpha value is 0.394. The Morgan fingerprint density at radius 2 is 1.67 bits per heavy atom. The molecule has 0 radical (unpaired) electrons. The van der Waals surface area contributed by atoms with Crippen LogP contribution in [0, 0.1) is 5.92 Å². The summed E-state index contributed by atoms with van der Waals surface area (Å²) in [6.45, 7) is 17.3. The number of hydrogen-bond donors (Lipinski definition) is 0. The monoisotopic (exact) mass is 344 g/mol. The van der Waals surface area contributed by atoms with Gasteiger partial charge in [0, 0.05) is 14.0 Å². The Morgan fingerprint density at radius 1 is 1.17 bits per heavy atom. The first-order valence-electron chi connectivity index (χ1n) is 7.01. The Balaban J connectivity index is 3.03. The van der Waals surface area contributed by atoms with Gasteiger partial charge in [-0.25, -0.2) is 0 Å². The lowest BCUT2D eigenvalue weighted by atomic mass is 9.97. The van der Waals surface area contributed by atoms with E-state index in [-0.39, 0.29) is 0 Å². The van der Waals surface area contributed by atoms with Crippen LogP contribution in [0.25, 0.3) is 0 Å². The molecule has 0 aliphatic heterocycles. The van der Waals surface area contributed by atoms with E-state index < -0.39 is 16.1 Å². The second-order valence-corrected chi connectivity index (χ2v) is 20.3. The molecule has 1 unspecified atom stereocenters. The Bertz CT molecular complexity index is 348. The van der Waals surface area contributed by atoms with Crippen molar-refractivity contribution in [3.63, 3.8) is 0 Å². The highest BCUT2D eigenvalue weighted by molar-refractivity contribution is 9.11. The van der Waals surface area contributed by atoms with Gasteiger partial charge in [0.1, 0.15) is 0 Å². The average molecular weight is 345 g/mol. The molecule has 0 aromatic carbocycles. The zero-order chi connectivity index (χ0) is 14.2. The van der Waals surface area contributed by atoms with E-state index in [9.17, 15) is 0 Å². The van der Waals surface area contributed by atoms with E-state index >= 15 is 0 Å². The third-order valence-electron chi connectivity index (χ3n) is 4.12. The van der Waals surface area contributed by atoms with Crippen molar-refractivity contribution in [1.29, 1.82) is 0 Å². The maximum Gasteiger partial charge on any atom is 0.0561 e. The first-order valence-corrected chi connectivity index (χ1v) is 15.0. The molecule has 1 atom stereocenters. The first kappa shape index (κ1) is 16.4. The molecule has 3 heteroatoms. The molecular formula is C15H29BrSi2. The van der Waals surface area contributed by atoms with E-state index in [1.807, 2.05) is 0 Å². The maximum atomic E-state index is 3.69. The molecule has 0 fully saturated rings. The van der Waals surface area contributed by atoms with Crippen molar-refractivity contribution < 1.29 is 0 Å². The fraction of sp³-hybridized carbons (Fsp3) is 0.733. The van der Waals surface area contributed by atoms with Crippen LogP contribution in [0.15, 0.2) is 22.7 Å². The zero-order valence-electron chi connectivity index (χ0n) is 13.1. The molecule has 0 saturated heterocycles. The summed E-state index contributed by atoms with van der Waals surface area (Å²) in [5.41, 5.74) is 0. The molecule has 0 amide bonds. The van der Waals surface area contributed by atoms with Crippen LogP contribution in [-0.4, -0.2) is 16.1 Å². The van der Waals surface area contributed by atoms with Crippen molar-refractivity contribution in [2.45, 2.75) is 63.7 Å². The van der Waals surface area contributed by atoms with Gasteiger partial charge in [-0.3, -0.25) is 0 Å². The molecule has 0 aromatic rings. The number of rotatable bonds is 6. The summed E-state index contributed by atoms with van der Waals surface area (Å²) in [5, 5.41) is 0.431. The molecule has 104 valence electrons. The molecule has 0 aromatic heterocycles. The fourth-order valence-corrected chi connectivity index (χ4v) is 7.51. The van der Waals surface area contributed by atoms with E-state index in [1.54, 1.807) is 0 Å². The SMILES string of the molecule is CC(Br)=CC(CC[Si](C)(C)C)(C1C=C1)[Si](C)(C)C. The van der Waals surface area contributed by atoms with Gasteiger partial charge in [0.2, 0.25) is 0 Å². The lowest BCUT2D eigenvalue weighted by Gasteiger charge is -2.44. The minimum atomic E-state index is -1.25. The van der Waals surface area contributed by atoms with E-state index in [2.05, 4.69) is 80.4 Å². The third kappa shape index (κ3) is 4.21. The minimum absolute atomic E-state index is 0.431. The highest BCUT2D eigenvalue weighted by Gasteiger charge is 2.48. The smallest absolute Gasteiger partial charge is 0.0561 e. The largest absolute Gasteiger partial charge is 0.0804 e. The summed E-state index contributed by atoms with van der Waals surface area (Å²) in [5.74, 6) is 0.730. The van der Waals surface area contributed by atoms with Gasteiger partial charge in [-0.2, -0.15) is 0 Å². The number of allylic oxidation sites excluding steroid dienone is 4. The van der Waals surface area contributed by atoms with Gasteiger partial charge in [-0.15, -0.1) is 0 Å². The second-order valence-electron chi connectivity index (χ2n) is 7.99. The predicted molar refractivity (Wildman–Crippen MR) is 94.1 cm³/mol. The molecule has 1 aliphatic rings. The average Bonchev–Trinajstić information content (AvgIpc) is 2.91. The van der Waals surface area contributed by atoms with Crippen LogP contribution in [0.4, 0.5) is 0 Å². The van der Waals surface area contributed by atoms with Crippen LogP contribution in [0.5, 0.6) is 0 Å². The second kappa shape index (κ2) is 5.41. The van der Waals surface area contributed by atoms with Crippen molar-refractivity contribution in [2.75, 3.05) is 0 Å². The molecular weight excluding hydrogens is 316 g/mol. The van der Waals surface area contributed by atoms with Crippen molar-refractivity contribution >= 4 is 32.1 Å². The summed E-state index contributed by atoms with van der Waals surface area (Å²) < 4.78 is 1.31. The van der Waals surface area contributed by atoms with E-state index in [0.29, 0.717) is 5.04 Å². The van der Waals surface area contributed by atoms with Crippen molar-refractivity contribution in [3.8, 4) is 0 Å². The summed E-state index contributed by atoms with van der Waals surface area (Å²) in [4.78, 5) is 0. The molecule has 1 aliphatic carbocycles. The molecule has 0 heterocycles. The van der Waals surface area contributed by atoms with Crippen molar-refractivity contribution in [3.05, 3.63) is 22.7 Å². The number of halogens is 1. The molecule has 0 saturated carbocycles. The van der Waals surface area contributed by atoms with Gasteiger partial charge in [-0.05, 0) is 22.9 Å². The summed E-state index contributed by atoms with van der Waals surface area (Å²) in [7, 11) is -2.21. The molecule has 0 bridgehead atoms. The van der Waals surface area contributed by atoms with Crippen LogP contribution in [0.3, 0.4) is 0 Å². The topological polar surface area (TPSA) is 0 Å². The lowest BCUT2D eigenvalue weighted by Crippen LogP contribution is -2.41. The van der Waals surface area contributed by atoms with Crippen LogP contribution in [0.1, 0.15) is 13.3 Å². The van der Waals surface area contributed by atoms with Gasteiger partial charge in [-0.1, -0.05) is 79.5 Å². The Labute approximate surface area is 124 Å². The van der Waals surface area contributed by atoms with Gasteiger partial charge in [0.15, 0.2) is 0 Å². The van der Waals surface area contributed by atoms with Crippen LogP contribution >= 0.6 is 15.9 Å². The highest BCUT2D eigenvalue weighted by atomic mass is 79.9. The van der Waals surface area contributed by atoms with Gasteiger partial charge < -0.3 is 0 Å². The van der Waals surface area contributed by atoms with Crippen molar-refractivity contribution in [1.82, 2.24) is 0 Å². The van der Waals surface area contributed by atoms with Crippen LogP contribution < -0.4 is 0 Å². The summed E-state index contributed by atoms with van der Waals surface area (Å²) >= 11 is 3.69. The predicted octanol–water partition coefficient (Wildman–Crippen LogP) is 6.28. The van der Waals surface area contributed by atoms with E-state index in [1.165, 1.54) is 16.9 Å². The molecule has 18 heavy (non-hydrogen) atoms. The van der Waals surface area contributed by atoms with Gasteiger partial charge in [0.05, 0.1) is 8.07 Å². The fourth-order valence-electron chi connectivity index (χ4n) is 2.76. The molecule has 0 N–H and O–H groups in total. The maximum absolute atomic E-state index is 3.69. The Kier molecular flexibility index (Phi) is 4.94. The standard InChI is InChI=1S/C15H29BrSi2/c1-13(16)12-15(14-8-9-14,18(5,6)7)10-11-17(2,3)4/h8-9,12,14H,10-11H2,1-7H3. The first-order chi connectivity index (χ1) is 7.98. The highest BCUT2D eigenvalue weighted by Crippen LogP contribution is 2.57. The summed E-state index contributed by atoms with van der Waals surface area (Å²) in [6, 6.07) is 1.44. The third-order valence-corrected chi connectivity index (χ3v) is 9.62. The van der Waals surface area contributed by atoms with Gasteiger partial charge in [0.25, 0.3) is 0 Å². The van der Waals surface area contributed by atoms with Gasteiger partial charge >= 0.3 is 0 Å². The Morgan fingerprint density at radius 3 is 1.94 bits per heavy atom. The minimum Gasteiger partial charge on any atom is -0.0804 e. The lowest BCUT2D eigenvalue weighted by molar-refractivity contribution is 0.576. The van der Waals surface area contributed by atoms with E-state index in [0.717, 1.165) is 5.92 Å². The van der Waals surface area contributed by atoms with Crippen molar-refractivity contribution in [2.24, 2.45) is 5.92 Å². The number of hydrogen-bond acceptors (Lipinski definition) is 0. The molecule has 0 spiro atoms. The summed E-state index contributed by atoms with van der Waals surface area (Å²) in [6.07, 6.45) is 8.74. The van der Waals surface area contributed by atoms with Crippen LogP contribution in [0.2, 0.25) is 50.4 Å². The molecule has 0 nitrogen and oxygen atoms in total. The zero-order valence-corrected chi connectivity index (χ0v) is 16.7. The van der Waals surface area contributed by atoms with E-state index in [4.69, 9.17) is 0 Å². The quantitative estimate of drug-likeness (QED) is 0.393. The molecule has 1 rings (SSSR count).